The summed E-state index contributed by atoms with van der Waals surface area (Å²) in [4.78, 5) is 37.1. The molecule has 0 aliphatic carbocycles. The van der Waals surface area contributed by atoms with E-state index in [-0.39, 0.29) is 17.2 Å². The Balaban J connectivity index is 1.45. The highest BCUT2D eigenvalue weighted by atomic mass is 32.1. The molecule has 0 amide bonds. The van der Waals surface area contributed by atoms with E-state index in [4.69, 9.17) is 4.74 Å². The Hall–Kier alpha value is -3.78. The fourth-order valence-electron chi connectivity index (χ4n) is 2.48. The van der Waals surface area contributed by atoms with Gasteiger partial charge in [-0.05, 0) is 54.6 Å². The van der Waals surface area contributed by atoms with Gasteiger partial charge in [0.05, 0.1) is 0 Å². The summed E-state index contributed by atoms with van der Waals surface area (Å²) in [5, 5.41) is 2.08. The monoisotopic (exact) mass is 405 g/mol. The number of benzene rings is 2. The summed E-state index contributed by atoms with van der Waals surface area (Å²) in [7, 11) is 0. The zero-order valence-corrected chi connectivity index (χ0v) is 15.6. The minimum Gasteiger partial charge on any atom is -0.422 e. The van der Waals surface area contributed by atoms with E-state index in [0.717, 1.165) is 0 Å². The lowest BCUT2D eigenvalue weighted by atomic mass is 10.0. The summed E-state index contributed by atoms with van der Waals surface area (Å²) in [5.41, 5.74) is 0.909. The third-order valence-corrected chi connectivity index (χ3v) is 4.74. The quantitative estimate of drug-likeness (QED) is 0.281. The molecule has 0 spiro atoms. The van der Waals surface area contributed by atoms with E-state index in [1.807, 2.05) is 0 Å². The first-order valence-corrected chi connectivity index (χ1v) is 9.33. The molecule has 8 heteroatoms. The van der Waals surface area contributed by atoms with Gasteiger partial charge >= 0.3 is 5.97 Å². The Morgan fingerprint density at radius 1 is 0.897 bits per heavy atom. The van der Waals surface area contributed by atoms with Crippen LogP contribution in [-0.4, -0.2) is 26.7 Å². The first-order valence-electron chi connectivity index (χ1n) is 8.45. The van der Waals surface area contributed by atoms with E-state index < -0.39 is 11.8 Å². The lowest BCUT2D eigenvalue weighted by Gasteiger charge is -2.05. The van der Waals surface area contributed by atoms with Gasteiger partial charge in [0.2, 0.25) is 0 Å². The van der Waals surface area contributed by atoms with Crippen LogP contribution in [0.25, 0.3) is 10.8 Å². The van der Waals surface area contributed by atoms with Crippen molar-refractivity contribution >= 4 is 23.1 Å². The number of rotatable bonds is 5. The van der Waals surface area contributed by atoms with Gasteiger partial charge in [0.15, 0.2) is 22.3 Å². The van der Waals surface area contributed by atoms with E-state index in [1.54, 1.807) is 36.0 Å². The van der Waals surface area contributed by atoms with E-state index in [0.29, 0.717) is 22.0 Å². The van der Waals surface area contributed by atoms with Crippen LogP contribution in [0.3, 0.4) is 0 Å². The lowest BCUT2D eigenvalue weighted by molar-refractivity contribution is 0.0729. The summed E-state index contributed by atoms with van der Waals surface area (Å²) < 4.78 is 18.3. The molecule has 4 aromatic rings. The van der Waals surface area contributed by atoms with Crippen molar-refractivity contribution in [1.29, 1.82) is 0 Å². The molecule has 2 aromatic carbocycles. The minimum absolute atomic E-state index is 0.143. The van der Waals surface area contributed by atoms with Gasteiger partial charge in [-0.15, -0.1) is 11.3 Å². The molecule has 0 aliphatic heterocycles. The summed E-state index contributed by atoms with van der Waals surface area (Å²) in [6, 6.07) is 13.1. The van der Waals surface area contributed by atoms with Gasteiger partial charge < -0.3 is 4.74 Å². The van der Waals surface area contributed by atoms with Crippen LogP contribution in [0, 0.1) is 5.82 Å². The van der Waals surface area contributed by atoms with Crippen LogP contribution in [0.4, 0.5) is 4.39 Å². The predicted octanol–water partition coefficient (Wildman–Crippen LogP) is 4.19. The van der Waals surface area contributed by atoms with Gasteiger partial charge in [-0.25, -0.2) is 24.1 Å². The molecule has 142 valence electrons. The summed E-state index contributed by atoms with van der Waals surface area (Å²) >= 11 is 1.24. The number of hydrogen-bond acceptors (Lipinski definition) is 7. The van der Waals surface area contributed by atoms with Gasteiger partial charge in [-0.1, -0.05) is 0 Å². The van der Waals surface area contributed by atoms with Crippen molar-refractivity contribution in [2.75, 3.05) is 0 Å². The van der Waals surface area contributed by atoms with Crippen molar-refractivity contribution in [1.82, 2.24) is 15.0 Å². The molecule has 6 nitrogen and oxygen atoms in total. The number of esters is 1. The molecule has 0 saturated carbocycles. The minimum atomic E-state index is -0.624. The van der Waals surface area contributed by atoms with E-state index in [2.05, 4.69) is 15.0 Å². The third kappa shape index (κ3) is 4.22. The van der Waals surface area contributed by atoms with Crippen molar-refractivity contribution in [3.63, 3.8) is 0 Å². The second kappa shape index (κ2) is 8.07. The standard InChI is InChI=1S/C21H12FN3O3S/c22-15-6-2-13(3-7-15)18(26)14-4-8-16(9-5-14)28-21(27)17-12-29-20(25-17)19-23-10-1-11-24-19/h1-12H. The lowest BCUT2D eigenvalue weighted by Crippen LogP contribution is -2.09. The van der Waals surface area contributed by atoms with Crippen molar-refractivity contribution in [3.8, 4) is 16.6 Å². The maximum atomic E-state index is 13.0. The zero-order chi connectivity index (χ0) is 20.2. The van der Waals surface area contributed by atoms with Gasteiger partial charge in [0, 0.05) is 28.9 Å². The van der Waals surface area contributed by atoms with Gasteiger partial charge in [0.1, 0.15) is 11.6 Å². The number of carbonyl (C=O) groups is 2. The molecule has 0 unspecified atom stereocenters. The molecule has 0 atom stereocenters. The van der Waals surface area contributed by atoms with Gasteiger partial charge in [-0.2, -0.15) is 0 Å². The second-order valence-corrected chi connectivity index (χ2v) is 6.72. The molecule has 0 N–H and O–H groups in total. The fourth-order valence-corrected chi connectivity index (χ4v) is 3.22. The average Bonchev–Trinajstić information content (AvgIpc) is 3.26. The Kier molecular flexibility index (Phi) is 5.17. The van der Waals surface area contributed by atoms with E-state index >= 15 is 0 Å². The Labute approximate surface area is 168 Å². The molecule has 4 rings (SSSR count). The highest BCUT2D eigenvalue weighted by molar-refractivity contribution is 7.13. The molecular weight excluding hydrogens is 393 g/mol. The number of halogens is 1. The van der Waals surface area contributed by atoms with Crippen LogP contribution in [0.15, 0.2) is 72.4 Å². The number of thiazole rings is 1. The van der Waals surface area contributed by atoms with Crippen LogP contribution in [0.2, 0.25) is 0 Å². The highest BCUT2D eigenvalue weighted by Crippen LogP contribution is 2.21. The average molecular weight is 405 g/mol. The number of hydrogen-bond donors (Lipinski definition) is 0. The van der Waals surface area contributed by atoms with Crippen LogP contribution in [-0.2, 0) is 0 Å². The first kappa shape index (κ1) is 18.6. The van der Waals surface area contributed by atoms with Crippen LogP contribution in [0.1, 0.15) is 26.4 Å². The molecule has 0 bridgehead atoms. The van der Waals surface area contributed by atoms with Crippen LogP contribution < -0.4 is 4.74 Å². The molecule has 0 fully saturated rings. The van der Waals surface area contributed by atoms with E-state index in [9.17, 15) is 14.0 Å². The molecule has 0 saturated heterocycles. The van der Waals surface area contributed by atoms with Crippen molar-refractivity contribution < 1.29 is 18.7 Å². The van der Waals surface area contributed by atoms with Gasteiger partial charge in [-0.3, -0.25) is 4.79 Å². The Morgan fingerprint density at radius 2 is 1.52 bits per heavy atom. The first-order chi connectivity index (χ1) is 14.1. The number of ketones is 1. The van der Waals surface area contributed by atoms with Gasteiger partial charge in [0.25, 0.3) is 0 Å². The Morgan fingerprint density at radius 3 is 2.17 bits per heavy atom. The van der Waals surface area contributed by atoms with Crippen molar-refractivity contribution in [2.45, 2.75) is 0 Å². The summed E-state index contributed by atoms with van der Waals surface area (Å²) in [5.74, 6) is -0.583. The molecule has 2 aromatic heterocycles. The number of ether oxygens (including phenoxy) is 1. The molecule has 2 heterocycles. The Bertz CT molecular complexity index is 1160. The SMILES string of the molecule is O=C(c1ccc(F)cc1)c1ccc(OC(=O)c2csc(-c3ncccn3)n2)cc1. The third-order valence-electron chi connectivity index (χ3n) is 3.90. The van der Waals surface area contributed by atoms with E-state index in [1.165, 1.54) is 47.7 Å². The number of nitrogens with zero attached hydrogens (tertiary/aromatic N) is 3. The largest absolute Gasteiger partial charge is 0.422 e. The molecular formula is C21H12FN3O3S. The van der Waals surface area contributed by atoms with Crippen molar-refractivity contribution in [3.05, 3.63) is 95.0 Å². The van der Waals surface area contributed by atoms with Crippen LogP contribution >= 0.6 is 11.3 Å². The second-order valence-electron chi connectivity index (χ2n) is 5.86. The summed E-state index contributed by atoms with van der Waals surface area (Å²) in [6.45, 7) is 0. The zero-order valence-electron chi connectivity index (χ0n) is 14.8. The maximum Gasteiger partial charge on any atom is 0.363 e. The predicted molar refractivity (Wildman–Crippen MR) is 104 cm³/mol. The summed E-state index contributed by atoms with van der Waals surface area (Å²) in [6.07, 6.45) is 3.19. The van der Waals surface area contributed by atoms with Crippen LogP contribution in [0.5, 0.6) is 5.75 Å². The normalized spacial score (nSPS) is 10.5. The number of aromatic nitrogens is 3. The molecule has 0 radical (unpaired) electrons. The molecule has 29 heavy (non-hydrogen) atoms. The highest BCUT2D eigenvalue weighted by Gasteiger charge is 2.16. The topological polar surface area (TPSA) is 82.0 Å². The molecule has 0 aliphatic rings. The smallest absolute Gasteiger partial charge is 0.363 e. The maximum absolute atomic E-state index is 13.0. The number of carbonyl (C=O) groups excluding carboxylic acids is 2. The van der Waals surface area contributed by atoms with Crippen molar-refractivity contribution in [2.24, 2.45) is 0 Å². The fraction of sp³-hybridized carbons (Fsp3) is 0.